The first-order valence-electron chi connectivity index (χ1n) is 8.75. The number of rotatable bonds is 7. The highest BCUT2D eigenvalue weighted by Crippen LogP contribution is 2.24. The summed E-state index contributed by atoms with van der Waals surface area (Å²) < 4.78 is 5.51. The van der Waals surface area contributed by atoms with Crippen molar-refractivity contribution in [2.45, 2.75) is 32.3 Å². The molecule has 0 aromatic heterocycles. The number of aryl methyl sites for hydroxylation is 1. The Bertz CT molecular complexity index is 742. The van der Waals surface area contributed by atoms with E-state index in [2.05, 4.69) is 12.1 Å². The van der Waals surface area contributed by atoms with Crippen molar-refractivity contribution in [1.82, 2.24) is 4.90 Å². The summed E-state index contributed by atoms with van der Waals surface area (Å²) in [4.78, 5) is 25.3. The summed E-state index contributed by atoms with van der Waals surface area (Å²) in [6.07, 6.45) is 3.04. The van der Waals surface area contributed by atoms with Crippen LogP contribution < -0.4 is 4.74 Å². The fourth-order valence-electron chi connectivity index (χ4n) is 3.16. The third-order valence-corrected chi connectivity index (χ3v) is 4.50. The van der Waals surface area contributed by atoms with E-state index in [0.29, 0.717) is 5.75 Å². The second-order valence-electron chi connectivity index (χ2n) is 6.41. The van der Waals surface area contributed by atoms with E-state index >= 15 is 0 Å². The number of hydrogen-bond donors (Lipinski definition) is 0. The summed E-state index contributed by atoms with van der Waals surface area (Å²) in [7, 11) is 0. The van der Waals surface area contributed by atoms with Gasteiger partial charge in [-0.05, 0) is 55.5 Å². The summed E-state index contributed by atoms with van der Waals surface area (Å²) in [5.74, 6) is 0.730. The molecule has 0 fully saturated rings. The number of carbonyl (C=O) groups is 2. The summed E-state index contributed by atoms with van der Waals surface area (Å²) in [6.45, 7) is 3.20. The van der Waals surface area contributed by atoms with Crippen LogP contribution in [0.3, 0.4) is 0 Å². The van der Waals surface area contributed by atoms with Gasteiger partial charge in [0.25, 0.3) is 5.91 Å². The maximum atomic E-state index is 12.7. The second kappa shape index (κ2) is 7.97. The van der Waals surface area contributed by atoms with Gasteiger partial charge in [0.2, 0.25) is 0 Å². The van der Waals surface area contributed by atoms with E-state index in [1.165, 1.54) is 5.56 Å². The van der Waals surface area contributed by atoms with Gasteiger partial charge in [0, 0.05) is 18.7 Å². The quantitative estimate of drug-likeness (QED) is 0.729. The Morgan fingerprint density at radius 3 is 2.76 bits per heavy atom. The molecule has 0 spiro atoms. The molecule has 1 amide bonds. The summed E-state index contributed by atoms with van der Waals surface area (Å²) >= 11 is 0. The molecule has 0 N–H and O–H groups in total. The second-order valence-corrected chi connectivity index (χ2v) is 6.41. The number of nitrogens with zero attached hydrogens (tertiary/aromatic N) is 1. The van der Waals surface area contributed by atoms with E-state index in [4.69, 9.17) is 4.74 Å². The molecular weight excluding hydrogens is 314 g/mol. The molecule has 0 bridgehead atoms. The number of benzene rings is 2. The maximum absolute atomic E-state index is 12.7. The largest absolute Gasteiger partial charge is 0.483 e. The van der Waals surface area contributed by atoms with E-state index in [9.17, 15) is 9.59 Å². The predicted molar refractivity (Wildman–Crippen MR) is 97.0 cm³/mol. The van der Waals surface area contributed by atoms with Crippen LogP contribution in [0.15, 0.2) is 48.5 Å². The van der Waals surface area contributed by atoms with Crippen LogP contribution in [0, 0.1) is 0 Å². The minimum absolute atomic E-state index is 0.0873. The molecule has 130 valence electrons. The SMILES string of the molecule is CC(C=O)Oc1ccc2c(c1)CCN(CCCc1ccccc1)C2=O. The van der Waals surface area contributed by atoms with Crippen molar-refractivity contribution in [2.75, 3.05) is 13.1 Å². The molecule has 25 heavy (non-hydrogen) atoms. The molecular formula is C21H23NO3. The van der Waals surface area contributed by atoms with Gasteiger partial charge in [-0.3, -0.25) is 9.59 Å². The minimum Gasteiger partial charge on any atom is -0.483 e. The number of aldehydes is 1. The fourth-order valence-corrected chi connectivity index (χ4v) is 3.16. The van der Waals surface area contributed by atoms with Crippen molar-refractivity contribution in [3.8, 4) is 5.75 Å². The van der Waals surface area contributed by atoms with E-state index in [1.807, 2.05) is 35.2 Å². The Hall–Kier alpha value is -2.62. The number of carbonyl (C=O) groups excluding carboxylic acids is 2. The molecule has 1 atom stereocenters. The smallest absolute Gasteiger partial charge is 0.254 e. The van der Waals surface area contributed by atoms with E-state index in [-0.39, 0.29) is 5.91 Å². The monoisotopic (exact) mass is 337 g/mol. The highest BCUT2D eigenvalue weighted by Gasteiger charge is 2.24. The number of hydrogen-bond acceptors (Lipinski definition) is 3. The number of ether oxygens (including phenoxy) is 1. The van der Waals surface area contributed by atoms with Crippen LogP contribution in [0.4, 0.5) is 0 Å². The summed E-state index contributed by atoms with van der Waals surface area (Å²) in [6, 6.07) is 15.8. The van der Waals surface area contributed by atoms with Gasteiger partial charge < -0.3 is 9.64 Å². The van der Waals surface area contributed by atoms with Crippen molar-refractivity contribution >= 4 is 12.2 Å². The minimum atomic E-state index is -0.480. The molecule has 1 heterocycles. The maximum Gasteiger partial charge on any atom is 0.254 e. The third kappa shape index (κ3) is 4.27. The topological polar surface area (TPSA) is 46.6 Å². The molecule has 2 aromatic carbocycles. The lowest BCUT2D eigenvalue weighted by atomic mass is 9.98. The average molecular weight is 337 g/mol. The number of amides is 1. The van der Waals surface area contributed by atoms with Crippen LogP contribution in [0.5, 0.6) is 5.75 Å². The van der Waals surface area contributed by atoms with E-state index in [0.717, 1.165) is 49.8 Å². The third-order valence-electron chi connectivity index (χ3n) is 4.50. The predicted octanol–water partition coefficient (Wildman–Crippen LogP) is 3.28. The van der Waals surface area contributed by atoms with Gasteiger partial charge in [-0.2, -0.15) is 0 Å². The molecule has 0 radical (unpaired) electrons. The highest BCUT2D eigenvalue weighted by molar-refractivity contribution is 5.97. The van der Waals surface area contributed by atoms with Gasteiger partial charge in [0.15, 0.2) is 12.4 Å². The molecule has 1 unspecified atom stereocenters. The molecule has 4 nitrogen and oxygen atoms in total. The Labute approximate surface area is 148 Å². The van der Waals surface area contributed by atoms with E-state index < -0.39 is 6.10 Å². The summed E-state index contributed by atoms with van der Waals surface area (Å²) in [5, 5.41) is 0. The van der Waals surface area contributed by atoms with Gasteiger partial charge in [0.05, 0.1) is 0 Å². The molecule has 1 aliphatic rings. The first-order valence-corrected chi connectivity index (χ1v) is 8.75. The molecule has 0 aliphatic carbocycles. The highest BCUT2D eigenvalue weighted by atomic mass is 16.5. The standard InChI is InChI=1S/C21H23NO3/c1-16(15-23)25-19-9-10-20-18(14-19)11-13-22(21(20)24)12-5-8-17-6-3-2-4-7-17/h2-4,6-7,9-10,14-16H,5,8,11-13H2,1H3. The van der Waals surface area contributed by atoms with Crippen molar-refractivity contribution < 1.29 is 14.3 Å². The lowest BCUT2D eigenvalue weighted by Crippen LogP contribution is -2.38. The average Bonchev–Trinajstić information content (AvgIpc) is 2.64. The Morgan fingerprint density at radius 2 is 2.00 bits per heavy atom. The van der Waals surface area contributed by atoms with Gasteiger partial charge in [-0.15, -0.1) is 0 Å². The van der Waals surface area contributed by atoms with Crippen molar-refractivity contribution in [2.24, 2.45) is 0 Å². The van der Waals surface area contributed by atoms with Crippen LogP contribution in [0.2, 0.25) is 0 Å². The number of fused-ring (bicyclic) bond motifs is 1. The fraction of sp³-hybridized carbons (Fsp3) is 0.333. The Kier molecular flexibility index (Phi) is 5.49. The first-order chi connectivity index (χ1) is 12.2. The molecule has 3 rings (SSSR count). The van der Waals surface area contributed by atoms with Crippen LogP contribution in [-0.2, 0) is 17.6 Å². The van der Waals surface area contributed by atoms with Gasteiger partial charge in [-0.1, -0.05) is 30.3 Å². The Balaban J connectivity index is 1.60. The van der Waals surface area contributed by atoms with Crippen molar-refractivity contribution in [3.63, 3.8) is 0 Å². The molecule has 2 aromatic rings. The summed E-state index contributed by atoms with van der Waals surface area (Å²) in [5.41, 5.74) is 3.05. The Morgan fingerprint density at radius 1 is 1.20 bits per heavy atom. The zero-order chi connectivity index (χ0) is 17.6. The van der Waals surface area contributed by atoms with Crippen molar-refractivity contribution in [3.05, 3.63) is 65.2 Å². The first kappa shape index (κ1) is 17.2. The van der Waals surface area contributed by atoms with Crippen LogP contribution in [-0.4, -0.2) is 36.3 Å². The molecule has 0 saturated heterocycles. The van der Waals surface area contributed by atoms with Gasteiger partial charge >= 0.3 is 0 Å². The zero-order valence-electron chi connectivity index (χ0n) is 14.5. The van der Waals surface area contributed by atoms with Crippen molar-refractivity contribution in [1.29, 1.82) is 0 Å². The lowest BCUT2D eigenvalue weighted by Gasteiger charge is -2.29. The van der Waals surface area contributed by atoms with Crippen LogP contribution >= 0.6 is 0 Å². The lowest BCUT2D eigenvalue weighted by molar-refractivity contribution is -0.113. The van der Waals surface area contributed by atoms with Gasteiger partial charge in [-0.25, -0.2) is 0 Å². The molecule has 1 aliphatic heterocycles. The van der Waals surface area contributed by atoms with Crippen LogP contribution in [0.25, 0.3) is 0 Å². The van der Waals surface area contributed by atoms with Gasteiger partial charge in [0.1, 0.15) is 5.75 Å². The van der Waals surface area contributed by atoms with E-state index in [1.54, 1.807) is 13.0 Å². The normalized spacial score (nSPS) is 14.8. The molecule has 0 saturated carbocycles. The zero-order valence-corrected chi connectivity index (χ0v) is 14.5. The molecule has 4 heteroatoms. The van der Waals surface area contributed by atoms with Crippen LogP contribution in [0.1, 0.15) is 34.8 Å².